The van der Waals surface area contributed by atoms with Gasteiger partial charge in [0.2, 0.25) is 0 Å². The van der Waals surface area contributed by atoms with Gasteiger partial charge < -0.3 is 10.2 Å². The molecular formula is C23H24N4O2. The van der Waals surface area contributed by atoms with Crippen molar-refractivity contribution in [2.24, 2.45) is 0 Å². The van der Waals surface area contributed by atoms with Crippen LogP contribution in [-0.2, 0) is 0 Å². The Balaban J connectivity index is 1.57. The Labute approximate surface area is 169 Å². The van der Waals surface area contributed by atoms with Crippen LogP contribution >= 0.6 is 0 Å². The van der Waals surface area contributed by atoms with Gasteiger partial charge in [0.15, 0.2) is 0 Å². The largest absolute Gasteiger partial charge is 0.331 e. The fraction of sp³-hybridized carbons (Fsp3) is 0.261. The Morgan fingerprint density at radius 1 is 1.10 bits per heavy atom. The summed E-state index contributed by atoms with van der Waals surface area (Å²) in [6, 6.07) is 14.6. The number of amides is 2. The molecule has 0 saturated carbocycles. The van der Waals surface area contributed by atoms with E-state index in [-0.39, 0.29) is 17.9 Å². The molecule has 2 heterocycles. The molecule has 1 saturated heterocycles. The number of piperidine rings is 1. The molecule has 0 bridgehead atoms. The molecule has 1 unspecified atom stereocenters. The van der Waals surface area contributed by atoms with Gasteiger partial charge in [0.05, 0.1) is 12.2 Å². The summed E-state index contributed by atoms with van der Waals surface area (Å²) in [6.07, 6.45) is 6.65. The number of likely N-dealkylation sites (tertiary alicyclic amines) is 1. The molecule has 0 radical (unpaired) electrons. The van der Waals surface area contributed by atoms with E-state index in [4.69, 9.17) is 0 Å². The predicted octanol–water partition coefficient (Wildman–Crippen LogP) is 4.34. The number of rotatable bonds is 4. The topological polar surface area (TPSA) is 78.1 Å². The molecule has 2 amide bonds. The number of hydrogen-bond acceptors (Lipinski definition) is 3. The highest BCUT2D eigenvalue weighted by molar-refractivity contribution is 6.05. The van der Waals surface area contributed by atoms with Gasteiger partial charge in [-0.1, -0.05) is 24.3 Å². The standard InChI is InChI=1S/C23H24N4O2/c1-16-10-11-18(13-20(16)26-22(28)17-7-3-2-4-8-17)23(29)27-12-6-5-9-21(27)19-14-24-25-15-19/h2-4,7-8,10-11,13-15,21H,5-6,9,12H2,1H3,(H,24,25)(H,26,28). The molecule has 6 heteroatoms. The average molecular weight is 388 g/mol. The molecular weight excluding hydrogens is 364 g/mol. The maximum atomic E-state index is 13.3. The number of aryl methyl sites for hydroxylation is 1. The van der Waals surface area contributed by atoms with E-state index in [9.17, 15) is 9.59 Å². The summed E-state index contributed by atoms with van der Waals surface area (Å²) in [7, 11) is 0. The van der Waals surface area contributed by atoms with Crippen LogP contribution in [0, 0.1) is 6.92 Å². The van der Waals surface area contributed by atoms with Crippen LogP contribution in [0.25, 0.3) is 0 Å². The van der Waals surface area contributed by atoms with Gasteiger partial charge in [-0.3, -0.25) is 14.7 Å². The second kappa shape index (κ2) is 8.31. The fourth-order valence-electron chi connectivity index (χ4n) is 3.80. The number of aromatic amines is 1. The van der Waals surface area contributed by atoms with E-state index in [1.807, 2.05) is 48.4 Å². The molecule has 1 aliphatic heterocycles. The van der Waals surface area contributed by atoms with Crippen LogP contribution in [0.15, 0.2) is 60.9 Å². The van der Waals surface area contributed by atoms with Gasteiger partial charge in [0, 0.05) is 35.1 Å². The van der Waals surface area contributed by atoms with Crippen molar-refractivity contribution < 1.29 is 9.59 Å². The van der Waals surface area contributed by atoms with E-state index >= 15 is 0 Å². The number of anilines is 1. The zero-order valence-corrected chi connectivity index (χ0v) is 16.4. The number of aromatic nitrogens is 2. The van der Waals surface area contributed by atoms with Crippen molar-refractivity contribution >= 4 is 17.5 Å². The maximum Gasteiger partial charge on any atom is 0.255 e. The zero-order chi connectivity index (χ0) is 20.2. The minimum atomic E-state index is -0.187. The molecule has 29 heavy (non-hydrogen) atoms. The van der Waals surface area contributed by atoms with E-state index in [2.05, 4.69) is 15.5 Å². The van der Waals surface area contributed by atoms with Crippen LogP contribution in [-0.4, -0.2) is 33.5 Å². The minimum Gasteiger partial charge on any atom is -0.331 e. The Morgan fingerprint density at radius 3 is 2.69 bits per heavy atom. The summed E-state index contributed by atoms with van der Waals surface area (Å²) in [6.45, 7) is 2.64. The first kappa shape index (κ1) is 18.9. The van der Waals surface area contributed by atoms with Gasteiger partial charge in [-0.05, 0) is 56.0 Å². The molecule has 1 atom stereocenters. The number of hydrogen-bond donors (Lipinski definition) is 2. The lowest BCUT2D eigenvalue weighted by atomic mass is 9.96. The number of benzene rings is 2. The average Bonchev–Trinajstić information content (AvgIpc) is 3.30. The predicted molar refractivity (Wildman–Crippen MR) is 112 cm³/mol. The van der Waals surface area contributed by atoms with Crippen molar-refractivity contribution in [1.82, 2.24) is 15.1 Å². The van der Waals surface area contributed by atoms with Crippen molar-refractivity contribution in [3.63, 3.8) is 0 Å². The second-order valence-corrected chi connectivity index (χ2v) is 7.39. The third-order valence-corrected chi connectivity index (χ3v) is 5.44. The Hall–Kier alpha value is -3.41. The van der Waals surface area contributed by atoms with Crippen molar-refractivity contribution in [2.45, 2.75) is 32.2 Å². The van der Waals surface area contributed by atoms with E-state index in [0.717, 1.165) is 30.4 Å². The maximum absolute atomic E-state index is 13.3. The van der Waals surface area contributed by atoms with Crippen LogP contribution in [0.3, 0.4) is 0 Å². The van der Waals surface area contributed by atoms with Gasteiger partial charge >= 0.3 is 0 Å². The van der Waals surface area contributed by atoms with Crippen molar-refractivity contribution in [3.05, 3.63) is 83.2 Å². The first-order valence-electron chi connectivity index (χ1n) is 9.90. The van der Waals surface area contributed by atoms with Crippen molar-refractivity contribution in [1.29, 1.82) is 0 Å². The van der Waals surface area contributed by atoms with Gasteiger partial charge in [0.25, 0.3) is 11.8 Å². The molecule has 2 N–H and O–H groups in total. The minimum absolute atomic E-state index is 0.0221. The highest BCUT2D eigenvalue weighted by atomic mass is 16.2. The number of nitrogens with one attached hydrogen (secondary N) is 2. The monoisotopic (exact) mass is 388 g/mol. The van der Waals surface area contributed by atoms with E-state index in [1.54, 1.807) is 24.4 Å². The molecule has 148 valence electrons. The zero-order valence-electron chi connectivity index (χ0n) is 16.4. The lowest BCUT2D eigenvalue weighted by Gasteiger charge is -2.35. The Kier molecular flexibility index (Phi) is 5.42. The molecule has 1 aromatic heterocycles. The van der Waals surface area contributed by atoms with Gasteiger partial charge in [-0.15, -0.1) is 0 Å². The third kappa shape index (κ3) is 4.06. The summed E-state index contributed by atoms with van der Waals surface area (Å²) in [4.78, 5) is 27.8. The van der Waals surface area contributed by atoms with Gasteiger partial charge in [-0.25, -0.2) is 0 Å². The lowest BCUT2D eigenvalue weighted by molar-refractivity contribution is 0.0611. The highest BCUT2D eigenvalue weighted by Gasteiger charge is 2.29. The summed E-state index contributed by atoms with van der Waals surface area (Å²) >= 11 is 0. The van der Waals surface area contributed by atoms with Crippen LogP contribution < -0.4 is 5.32 Å². The number of nitrogens with zero attached hydrogens (tertiary/aromatic N) is 2. The smallest absolute Gasteiger partial charge is 0.255 e. The van der Waals surface area contributed by atoms with Crippen molar-refractivity contribution in [3.8, 4) is 0 Å². The molecule has 6 nitrogen and oxygen atoms in total. The SMILES string of the molecule is Cc1ccc(C(=O)N2CCCCC2c2cn[nH]c2)cc1NC(=O)c1ccccc1. The quantitative estimate of drug-likeness (QED) is 0.698. The summed E-state index contributed by atoms with van der Waals surface area (Å²) in [5, 5.41) is 9.82. The highest BCUT2D eigenvalue weighted by Crippen LogP contribution is 2.32. The van der Waals surface area contributed by atoms with Crippen LogP contribution in [0.2, 0.25) is 0 Å². The molecule has 0 spiro atoms. The number of carbonyl (C=O) groups is 2. The van der Waals surface area contributed by atoms with Crippen LogP contribution in [0.1, 0.15) is 57.1 Å². The van der Waals surface area contributed by atoms with Crippen LogP contribution in [0.4, 0.5) is 5.69 Å². The van der Waals surface area contributed by atoms with Crippen molar-refractivity contribution in [2.75, 3.05) is 11.9 Å². The fourth-order valence-corrected chi connectivity index (χ4v) is 3.80. The molecule has 0 aliphatic carbocycles. The molecule has 3 aromatic rings. The lowest BCUT2D eigenvalue weighted by Crippen LogP contribution is -2.38. The molecule has 1 aliphatic rings. The van der Waals surface area contributed by atoms with Gasteiger partial charge in [0.1, 0.15) is 0 Å². The summed E-state index contributed by atoms with van der Waals surface area (Å²) in [5.74, 6) is -0.210. The first-order chi connectivity index (χ1) is 14.1. The Bertz CT molecular complexity index is 999. The molecule has 1 fully saturated rings. The second-order valence-electron chi connectivity index (χ2n) is 7.39. The van der Waals surface area contributed by atoms with Crippen LogP contribution in [0.5, 0.6) is 0 Å². The van der Waals surface area contributed by atoms with E-state index in [0.29, 0.717) is 23.4 Å². The van der Waals surface area contributed by atoms with E-state index in [1.165, 1.54) is 0 Å². The first-order valence-corrected chi connectivity index (χ1v) is 9.90. The summed E-state index contributed by atoms with van der Waals surface area (Å²) < 4.78 is 0. The third-order valence-electron chi connectivity index (χ3n) is 5.44. The Morgan fingerprint density at radius 2 is 1.93 bits per heavy atom. The molecule has 4 rings (SSSR count). The normalized spacial score (nSPS) is 16.4. The molecule has 2 aromatic carbocycles. The number of H-pyrrole nitrogens is 1. The van der Waals surface area contributed by atoms with Gasteiger partial charge in [-0.2, -0.15) is 5.10 Å². The number of carbonyl (C=O) groups excluding carboxylic acids is 2. The summed E-state index contributed by atoms with van der Waals surface area (Å²) in [5.41, 5.74) is 3.76. The van der Waals surface area contributed by atoms with E-state index < -0.39 is 0 Å².